The number of carbonyl (C=O) groups is 1. The number of hydrogen-bond acceptors (Lipinski definition) is 5. The van der Waals surface area contributed by atoms with Crippen LogP contribution in [0.2, 0.25) is 0 Å². The molecule has 0 atom stereocenters. The molecule has 0 heterocycles. The quantitative estimate of drug-likeness (QED) is 0.231. The van der Waals surface area contributed by atoms with Crippen LogP contribution in [0, 0.1) is 0 Å². The van der Waals surface area contributed by atoms with Crippen molar-refractivity contribution < 1.29 is 33.7 Å². The van der Waals surface area contributed by atoms with Crippen LogP contribution in [0.15, 0.2) is 11.1 Å². The molecule has 0 aliphatic heterocycles. The van der Waals surface area contributed by atoms with E-state index in [4.69, 9.17) is 9.79 Å². The fourth-order valence-corrected chi connectivity index (χ4v) is 1.48. The summed E-state index contributed by atoms with van der Waals surface area (Å²) in [5.74, 6) is -1.02. The van der Waals surface area contributed by atoms with Gasteiger partial charge in [0.15, 0.2) is 0 Å². The van der Waals surface area contributed by atoms with Gasteiger partial charge in [-0.2, -0.15) is 4.89 Å². The van der Waals surface area contributed by atoms with Gasteiger partial charge in [-0.25, -0.2) is 4.79 Å². The Balaban J connectivity index is 5.04. The summed E-state index contributed by atoms with van der Waals surface area (Å²) in [7, 11) is -2.48. The van der Waals surface area contributed by atoms with Crippen LogP contribution in [0.25, 0.3) is 0 Å². The molecule has 82 valence electrons. The monoisotopic (exact) mass is 226 g/mol. The molecule has 0 saturated heterocycles. The lowest BCUT2D eigenvalue weighted by Gasteiger charge is -2.10. The zero-order chi connectivity index (χ0) is 11.4. The molecule has 0 rings (SSSR count). The summed E-state index contributed by atoms with van der Waals surface area (Å²) in [6, 6.07) is 0. The molecule has 0 aromatic carbocycles. The summed E-state index contributed by atoms with van der Waals surface area (Å²) in [6.45, 7) is 1.15. The van der Waals surface area contributed by atoms with Crippen LogP contribution >= 0.6 is 7.60 Å². The molecule has 0 aromatic rings. The third-order valence-corrected chi connectivity index (χ3v) is 2.29. The highest BCUT2D eigenvalue weighted by Crippen LogP contribution is 2.46. The van der Waals surface area contributed by atoms with E-state index in [2.05, 4.69) is 14.5 Å². The van der Waals surface area contributed by atoms with Gasteiger partial charge in [0.1, 0.15) is 0 Å². The average Bonchev–Trinajstić information content (AvgIpc) is 2.03. The second-order valence-corrected chi connectivity index (χ2v) is 3.71. The lowest BCUT2D eigenvalue weighted by atomic mass is 10.3. The number of hydrogen-bond donors (Lipinski definition) is 2. The van der Waals surface area contributed by atoms with Gasteiger partial charge in [-0.1, -0.05) is 0 Å². The van der Waals surface area contributed by atoms with E-state index in [-0.39, 0.29) is 5.57 Å². The molecule has 0 aliphatic rings. The topological polar surface area (TPSA) is 102 Å². The highest BCUT2D eigenvalue weighted by Gasteiger charge is 2.28. The van der Waals surface area contributed by atoms with Crippen LogP contribution in [0.5, 0.6) is 0 Å². The number of methoxy groups -OCH3 is 1. The van der Waals surface area contributed by atoms with E-state index in [9.17, 15) is 9.36 Å². The summed E-state index contributed by atoms with van der Waals surface area (Å²) in [5, 5.41) is 0. The highest BCUT2D eigenvalue weighted by molar-refractivity contribution is 7.56. The second-order valence-electron chi connectivity index (χ2n) is 2.22. The molecular formula is C6H11O7P. The maximum atomic E-state index is 11.0. The third-order valence-electron chi connectivity index (χ3n) is 1.24. The minimum Gasteiger partial charge on any atom is -0.489 e. The summed E-state index contributed by atoms with van der Waals surface area (Å²) >= 11 is 0. The lowest BCUT2D eigenvalue weighted by Crippen LogP contribution is -2.08. The fraction of sp³-hybridized carbons (Fsp3) is 0.500. The molecule has 14 heavy (non-hydrogen) atoms. The molecule has 0 amide bonds. The number of carbonyl (C=O) groups excluding carboxylic acids is 1. The molecule has 8 heteroatoms. The molecule has 0 fully saturated rings. The van der Waals surface area contributed by atoms with Crippen LogP contribution in [-0.2, 0) is 23.9 Å². The maximum Gasteiger partial charge on any atom is 0.391 e. The Hall–Kier alpha value is -0.880. The van der Waals surface area contributed by atoms with E-state index in [1.54, 1.807) is 0 Å². The first-order valence-corrected chi connectivity index (χ1v) is 5.01. The highest BCUT2D eigenvalue weighted by atomic mass is 31.2. The summed E-state index contributed by atoms with van der Waals surface area (Å²) in [4.78, 5) is 36.6. The predicted molar refractivity (Wildman–Crippen MR) is 44.9 cm³/mol. The Kier molecular flexibility index (Phi) is 4.79. The summed E-state index contributed by atoms with van der Waals surface area (Å²) in [6.07, 6.45) is 0. The molecule has 0 aliphatic carbocycles. The molecule has 7 nitrogen and oxygen atoms in total. The van der Waals surface area contributed by atoms with Crippen molar-refractivity contribution in [1.29, 1.82) is 0 Å². The molecular weight excluding hydrogens is 215 g/mol. The Morgan fingerprint density at radius 1 is 1.29 bits per heavy atom. The van der Waals surface area contributed by atoms with Crippen molar-refractivity contribution in [1.82, 2.24) is 0 Å². The van der Waals surface area contributed by atoms with Gasteiger partial charge in [0.05, 0.1) is 19.8 Å². The first-order valence-electron chi connectivity index (χ1n) is 3.40. The largest absolute Gasteiger partial charge is 0.489 e. The molecule has 0 radical (unpaired) electrons. The van der Waals surface area contributed by atoms with E-state index in [0.717, 1.165) is 21.1 Å². The number of rotatable bonds is 4. The minimum atomic E-state index is -4.61. The standard InChI is InChI=1S/C6H11O7P/c1-4(5(7)13-12-3)6(11-2)14(8,9)10/h1-3H3,(H2,8,9,10). The first kappa shape index (κ1) is 13.1. The molecule has 0 bridgehead atoms. The van der Waals surface area contributed by atoms with Gasteiger partial charge in [0, 0.05) is 0 Å². The lowest BCUT2D eigenvalue weighted by molar-refractivity contribution is -0.250. The van der Waals surface area contributed by atoms with Crippen molar-refractivity contribution in [3.63, 3.8) is 0 Å². The smallest absolute Gasteiger partial charge is 0.391 e. The maximum absolute atomic E-state index is 11.0. The average molecular weight is 226 g/mol. The van der Waals surface area contributed by atoms with E-state index < -0.39 is 19.1 Å². The van der Waals surface area contributed by atoms with E-state index in [1.165, 1.54) is 0 Å². The molecule has 0 saturated carbocycles. The summed E-state index contributed by atoms with van der Waals surface area (Å²) in [5.41, 5.74) is -1.08. The minimum absolute atomic E-state index is 0.345. The van der Waals surface area contributed by atoms with Gasteiger partial charge in [-0.05, 0) is 6.92 Å². The Morgan fingerprint density at radius 3 is 2.07 bits per heavy atom. The first-order chi connectivity index (χ1) is 6.34. The number of ether oxygens (including phenoxy) is 1. The van der Waals surface area contributed by atoms with Crippen LogP contribution in [0.4, 0.5) is 0 Å². The Morgan fingerprint density at radius 2 is 1.79 bits per heavy atom. The van der Waals surface area contributed by atoms with Gasteiger partial charge in [-0.3, -0.25) is 9.45 Å². The van der Waals surface area contributed by atoms with Crippen LogP contribution in [-0.4, -0.2) is 30.0 Å². The summed E-state index contributed by atoms with van der Waals surface area (Å²) < 4.78 is 15.2. The van der Waals surface area contributed by atoms with Crippen LogP contribution in [0.3, 0.4) is 0 Å². The SMILES string of the molecule is COOC(=O)C(C)=C(OC)P(=O)(O)O. The second kappa shape index (κ2) is 5.11. The fourth-order valence-electron chi connectivity index (χ4n) is 0.716. The van der Waals surface area contributed by atoms with Crippen molar-refractivity contribution in [2.24, 2.45) is 0 Å². The van der Waals surface area contributed by atoms with Crippen molar-refractivity contribution in [3.8, 4) is 0 Å². The predicted octanol–water partition coefficient (Wildman–Crippen LogP) is 0.147. The Bertz CT molecular complexity index is 289. The van der Waals surface area contributed by atoms with Crippen molar-refractivity contribution in [2.45, 2.75) is 6.92 Å². The van der Waals surface area contributed by atoms with Crippen molar-refractivity contribution >= 4 is 13.6 Å². The van der Waals surface area contributed by atoms with Gasteiger partial charge in [0.25, 0.3) is 0 Å². The normalized spacial score (nSPS) is 13.2. The van der Waals surface area contributed by atoms with Gasteiger partial charge in [0.2, 0.25) is 5.50 Å². The zero-order valence-electron chi connectivity index (χ0n) is 7.88. The van der Waals surface area contributed by atoms with Gasteiger partial charge < -0.3 is 14.5 Å². The molecule has 2 N–H and O–H groups in total. The van der Waals surface area contributed by atoms with Crippen LogP contribution < -0.4 is 0 Å². The van der Waals surface area contributed by atoms with Crippen molar-refractivity contribution in [2.75, 3.05) is 14.2 Å². The molecule has 0 aromatic heterocycles. The third kappa shape index (κ3) is 3.47. The molecule has 0 unspecified atom stereocenters. The van der Waals surface area contributed by atoms with E-state index in [1.807, 2.05) is 0 Å². The molecule has 0 spiro atoms. The van der Waals surface area contributed by atoms with Crippen LogP contribution in [0.1, 0.15) is 6.92 Å². The van der Waals surface area contributed by atoms with E-state index in [0.29, 0.717) is 0 Å². The van der Waals surface area contributed by atoms with E-state index >= 15 is 0 Å². The van der Waals surface area contributed by atoms with Gasteiger partial charge in [-0.15, -0.1) is 0 Å². The zero-order valence-corrected chi connectivity index (χ0v) is 8.78. The Labute approximate surface area is 80.4 Å². The van der Waals surface area contributed by atoms with Gasteiger partial charge >= 0.3 is 13.6 Å². The van der Waals surface area contributed by atoms with Crippen molar-refractivity contribution in [3.05, 3.63) is 11.1 Å².